The summed E-state index contributed by atoms with van der Waals surface area (Å²) in [5.74, 6) is 1.12. The van der Waals surface area contributed by atoms with Crippen molar-refractivity contribution in [3.8, 4) is 0 Å². The minimum atomic E-state index is -2.82. The Kier molecular flexibility index (Phi) is 6.89. The van der Waals surface area contributed by atoms with E-state index in [1.807, 2.05) is 0 Å². The van der Waals surface area contributed by atoms with Crippen molar-refractivity contribution in [2.75, 3.05) is 24.3 Å². The first kappa shape index (κ1) is 16.5. The zero-order chi connectivity index (χ0) is 14.3. The van der Waals surface area contributed by atoms with Crippen LogP contribution in [0.25, 0.3) is 0 Å². The van der Waals surface area contributed by atoms with E-state index in [9.17, 15) is 8.42 Å². The van der Waals surface area contributed by atoms with Crippen LogP contribution in [0.1, 0.15) is 31.9 Å². The Bertz CT molecular complexity index is 469. The van der Waals surface area contributed by atoms with Crippen molar-refractivity contribution in [1.82, 2.24) is 5.32 Å². The fourth-order valence-corrected chi connectivity index (χ4v) is 3.49. The largest absolute Gasteiger partial charge is 0.310 e. The van der Waals surface area contributed by atoms with Gasteiger partial charge in [-0.05, 0) is 43.3 Å². The van der Waals surface area contributed by atoms with Gasteiger partial charge in [-0.1, -0.05) is 19.1 Å². The first-order chi connectivity index (χ1) is 8.92. The molecule has 0 radical (unpaired) electrons. The topological polar surface area (TPSA) is 46.2 Å². The molecule has 0 spiro atoms. The third-order valence-electron chi connectivity index (χ3n) is 2.82. The maximum Gasteiger partial charge on any atom is 0.147 e. The van der Waals surface area contributed by atoms with Gasteiger partial charge in [0.05, 0.1) is 5.75 Å². The fourth-order valence-electron chi connectivity index (χ4n) is 1.79. The van der Waals surface area contributed by atoms with Crippen molar-refractivity contribution in [2.45, 2.75) is 31.2 Å². The molecule has 0 heterocycles. The van der Waals surface area contributed by atoms with Gasteiger partial charge >= 0.3 is 0 Å². The standard InChI is InChI=1S/C14H23NO2S2/c1-4-15-12(2)13-6-8-14(9-7-13)18-10-5-11-19(3,16)17/h6-9,12,15H,4-5,10-11H2,1-3H3. The van der Waals surface area contributed by atoms with Crippen LogP contribution in [0.4, 0.5) is 0 Å². The zero-order valence-electron chi connectivity index (χ0n) is 11.8. The monoisotopic (exact) mass is 301 g/mol. The molecular weight excluding hydrogens is 278 g/mol. The Labute approximate surface area is 121 Å². The molecule has 0 aromatic heterocycles. The molecule has 0 aliphatic heterocycles. The van der Waals surface area contributed by atoms with E-state index >= 15 is 0 Å². The fraction of sp³-hybridized carbons (Fsp3) is 0.571. The van der Waals surface area contributed by atoms with Crippen molar-refractivity contribution >= 4 is 21.6 Å². The predicted molar refractivity (Wildman–Crippen MR) is 83.6 cm³/mol. The number of rotatable bonds is 8. The van der Waals surface area contributed by atoms with Crippen molar-refractivity contribution in [3.63, 3.8) is 0 Å². The number of hydrogen-bond donors (Lipinski definition) is 1. The number of hydrogen-bond acceptors (Lipinski definition) is 4. The van der Waals surface area contributed by atoms with Crippen molar-refractivity contribution in [3.05, 3.63) is 29.8 Å². The molecule has 1 N–H and O–H groups in total. The first-order valence-electron chi connectivity index (χ1n) is 6.56. The van der Waals surface area contributed by atoms with Crippen LogP contribution in [0, 0.1) is 0 Å². The van der Waals surface area contributed by atoms with Gasteiger partial charge in [-0.15, -0.1) is 11.8 Å². The molecule has 0 fully saturated rings. The Morgan fingerprint density at radius 2 is 1.89 bits per heavy atom. The van der Waals surface area contributed by atoms with Crippen molar-refractivity contribution < 1.29 is 8.42 Å². The maximum absolute atomic E-state index is 11.0. The van der Waals surface area contributed by atoms with Gasteiger partial charge in [-0.25, -0.2) is 8.42 Å². The number of thioether (sulfide) groups is 1. The summed E-state index contributed by atoms with van der Waals surface area (Å²) in [4.78, 5) is 1.20. The lowest BCUT2D eigenvalue weighted by molar-refractivity contribution is 0.598. The van der Waals surface area contributed by atoms with Gasteiger partial charge in [0.15, 0.2) is 0 Å². The SMILES string of the molecule is CCNC(C)c1ccc(SCCCS(C)(=O)=O)cc1. The molecule has 0 saturated heterocycles. The van der Waals surface area contributed by atoms with E-state index in [4.69, 9.17) is 0 Å². The van der Waals surface area contributed by atoms with Crippen molar-refractivity contribution in [2.24, 2.45) is 0 Å². The van der Waals surface area contributed by atoms with Crippen LogP contribution in [0.5, 0.6) is 0 Å². The molecule has 0 saturated carbocycles. The average molecular weight is 301 g/mol. The molecule has 108 valence electrons. The summed E-state index contributed by atoms with van der Waals surface area (Å²) in [7, 11) is -2.82. The molecule has 1 aromatic rings. The van der Waals surface area contributed by atoms with Crippen LogP contribution < -0.4 is 5.32 Å². The zero-order valence-corrected chi connectivity index (χ0v) is 13.5. The summed E-state index contributed by atoms with van der Waals surface area (Å²) in [5, 5.41) is 3.38. The van der Waals surface area contributed by atoms with E-state index in [2.05, 4.69) is 43.4 Å². The molecule has 1 unspecified atom stereocenters. The molecular formula is C14H23NO2S2. The quantitative estimate of drug-likeness (QED) is 0.592. The Morgan fingerprint density at radius 3 is 2.42 bits per heavy atom. The minimum Gasteiger partial charge on any atom is -0.310 e. The summed E-state index contributed by atoms with van der Waals surface area (Å²) in [5.41, 5.74) is 1.28. The van der Waals surface area contributed by atoms with Gasteiger partial charge in [-0.3, -0.25) is 0 Å². The highest BCUT2D eigenvalue weighted by molar-refractivity contribution is 7.99. The molecule has 19 heavy (non-hydrogen) atoms. The molecule has 5 heteroatoms. The predicted octanol–water partition coefficient (Wildman–Crippen LogP) is 2.88. The van der Waals surface area contributed by atoms with Crippen molar-refractivity contribution in [1.29, 1.82) is 0 Å². The molecule has 0 aliphatic carbocycles. The molecule has 0 bridgehead atoms. The van der Waals surface area contributed by atoms with Crippen LogP contribution >= 0.6 is 11.8 Å². The van der Waals surface area contributed by atoms with Gasteiger partial charge in [0.1, 0.15) is 9.84 Å². The molecule has 0 amide bonds. The molecule has 1 rings (SSSR count). The Morgan fingerprint density at radius 1 is 1.26 bits per heavy atom. The highest BCUT2D eigenvalue weighted by Gasteiger charge is 2.04. The third kappa shape index (κ3) is 6.99. The number of sulfone groups is 1. The average Bonchev–Trinajstić information content (AvgIpc) is 2.34. The summed E-state index contributed by atoms with van der Waals surface area (Å²) in [6.07, 6.45) is 1.99. The Hall–Kier alpha value is -0.520. The number of nitrogens with one attached hydrogen (secondary N) is 1. The Balaban J connectivity index is 2.40. The van der Waals surface area contributed by atoms with Gasteiger partial charge < -0.3 is 5.32 Å². The summed E-state index contributed by atoms with van der Waals surface area (Å²) in [6, 6.07) is 8.84. The molecule has 3 nitrogen and oxygen atoms in total. The van der Waals surface area contributed by atoms with E-state index in [0.717, 1.165) is 12.3 Å². The van der Waals surface area contributed by atoms with E-state index < -0.39 is 9.84 Å². The van der Waals surface area contributed by atoms with Gasteiger partial charge in [-0.2, -0.15) is 0 Å². The lowest BCUT2D eigenvalue weighted by Gasteiger charge is -2.13. The van der Waals surface area contributed by atoms with Gasteiger partial charge in [0.2, 0.25) is 0 Å². The molecule has 0 aliphatic rings. The second-order valence-electron chi connectivity index (χ2n) is 4.68. The van der Waals surface area contributed by atoms with E-state index in [-0.39, 0.29) is 5.75 Å². The van der Waals surface area contributed by atoms with E-state index in [0.29, 0.717) is 12.5 Å². The second kappa shape index (κ2) is 7.92. The highest BCUT2D eigenvalue weighted by Crippen LogP contribution is 2.21. The normalized spacial score (nSPS) is 13.4. The van der Waals surface area contributed by atoms with Gasteiger partial charge in [0.25, 0.3) is 0 Å². The smallest absolute Gasteiger partial charge is 0.147 e. The minimum absolute atomic E-state index is 0.273. The first-order valence-corrected chi connectivity index (χ1v) is 9.61. The second-order valence-corrected chi connectivity index (χ2v) is 8.11. The summed E-state index contributed by atoms with van der Waals surface area (Å²) >= 11 is 1.71. The van der Waals surface area contributed by atoms with Crippen LogP contribution in [-0.4, -0.2) is 32.7 Å². The van der Waals surface area contributed by atoms with Crippen LogP contribution in [0.15, 0.2) is 29.2 Å². The van der Waals surface area contributed by atoms with Crippen LogP contribution in [-0.2, 0) is 9.84 Å². The van der Waals surface area contributed by atoms with E-state index in [1.54, 1.807) is 11.8 Å². The molecule has 1 aromatic carbocycles. The van der Waals surface area contributed by atoms with Crippen LogP contribution in [0.3, 0.4) is 0 Å². The lowest BCUT2D eigenvalue weighted by atomic mass is 10.1. The summed E-state index contributed by atoms with van der Waals surface area (Å²) < 4.78 is 22.0. The third-order valence-corrected chi connectivity index (χ3v) is 4.95. The summed E-state index contributed by atoms with van der Waals surface area (Å²) in [6.45, 7) is 5.21. The lowest BCUT2D eigenvalue weighted by Crippen LogP contribution is -2.17. The highest BCUT2D eigenvalue weighted by atomic mass is 32.2. The number of benzene rings is 1. The van der Waals surface area contributed by atoms with E-state index in [1.165, 1.54) is 16.7 Å². The molecule has 1 atom stereocenters. The maximum atomic E-state index is 11.0. The van der Waals surface area contributed by atoms with Crippen LogP contribution in [0.2, 0.25) is 0 Å². The van der Waals surface area contributed by atoms with Gasteiger partial charge in [0, 0.05) is 17.2 Å².